The number of esters is 1. The Morgan fingerprint density at radius 2 is 1.91 bits per heavy atom. The number of rotatable bonds is 4. The molecule has 0 unspecified atom stereocenters. The summed E-state index contributed by atoms with van der Waals surface area (Å²) in [4.78, 5) is 31.9. The average molecular weight is 487 g/mol. The minimum absolute atomic E-state index is 0.0771. The van der Waals surface area contributed by atoms with E-state index in [1.807, 2.05) is 42.5 Å². The van der Waals surface area contributed by atoms with Crippen molar-refractivity contribution in [3.8, 4) is 11.5 Å². The Hall–Kier alpha value is -4.17. The molecule has 0 bridgehead atoms. The van der Waals surface area contributed by atoms with E-state index in [4.69, 9.17) is 4.74 Å². The predicted octanol–water partition coefficient (Wildman–Crippen LogP) is 3.36. The van der Waals surface area contributed by atoms with Crippen molar-refractivity contribution in [2.24, 2.45) is 4.99 Å². The quantitative estimate of drug-likeness (QED) is 0.431. The van der Waals surface area contributed by atoms with Gasteiger partial charge in [0.05, 0.1) is 28.5 Å². The number of hydrogen-bond donors (Lipinski definition) is 2. The molecule has 1 aromatic heterocycles. The maximum atomic E-state index is 13.7. The molecular weight excluding hydrogens is 464 g/mol. The van der Waals surface area contributed by atoms with Gasteiger partial charge >= 0.3 is 5.97 Å². The summed E-state index contributed by atoms with van der Waals surface area (Å²) >= 11 is 1.17. The maximum Gasteiger partial charge on any atom is 0.338 e. The molecule has 0 saturated carbocycles. The Labute approximate surface area is 204 Å². The molecular formula is C27H22N2O5S. The van der Waals surface area contributed by atoms with Crippen molar-refractivity contribution in [3.05, 3.63) is 103 Å². The van der Waals surface area contributed by atoms with Gasteiger partial charge in [-0.3, -0.25) is 9.36 Å². The van der Waals surface area contributed by atoms with Crippen LogP contribution in [0.2, 0.25) is 0 Å². The summed E-state index contributed by atoms with van der Waals surface area (Å²) in [6, 6.07) is 17.1. The zero-order chi connectivity index (χ0) is 24.7. The fourth-order valence-corrected chi connectivity index (χ4v) is 5.41. The van der Waals surface area contributed by atoms with E-state index in [0.717, 1.165) is 16.3 Å². The number of hydrogen-bond acceptors (Lipinski definition) is 7. The van der Waals surface area contributed by atoms with E-state index in [-0.39, 0.29) is 23.7 Å². The number of carbonyl (C=O) groups excluding carboxylic acids is 1. The molecule has 2 heterocycles. The van der Waals surface area contributed by atoms with Crippen molar-refractivity contribution >= 4 is 34.2 Å². The predicted molar refractivity (Wildman–Crippen MR) is 134 cm³/mol. The van der Waals surface area contributed by atoms with E-state index in [1.165, 1.54) is 34.1 Å². The van der Waals surface area contributed by atoms with Crippen LogP contribution in [0.25, 0.3) is 16.8 Å². The van der Waals surface area contributed by atoms with Crippen molar-refractivity contribution in [3.63, 3.8) is 0 Å². The number of carbonyl (C=O) groups is 1. The molecule has 7 nitrogen and oxygen atoms in total. The van der Waals surface area contributed by atoms with Crippen molar-refractivity contribution in [1.29, 1.82) is 0 Å². The fraction of sp³-hybridized carbons (Fsp3) is 0.148. The van der Waals surface area contributed by atoms with Crippen LogP contribution >= 0.6 is 11.3 Å². The third-order valence-electron chi connectivity index (χ3n) is 5.94. The van der Waals surface area contributed by atoms with Gasteiger partial charge in [0, 0.05) is 11.6 Å². The number of benzene rings is 3. The van der Waals surface area contributed by atoms with Gasteiger partial charge in [-0.2, -0.15) is 0 Å². The molecule has 1 aliphatic heterocycles. The number of ether oxygens (including phenoxy) is 1. The first-order valence-electron chi connectivity index (χ1n) is 11.1. The van der Waals surface area contributed by atoms with Gasteiger partial charge < -0.3 is 14.9 Å². The van der Waals surface area contributed by atoms with Crippen LogP contribution in [0, 0.1) is 0 Å². The van der Waals surface area contributed by atoms with E-state index in [0.29, 0.717) is 26.2 Å². The lowest BCUT2D eigenvalue weighted by Gasteiger charge is -2.25. The minimum atomic E-state index is -0.730. The number of fused-ring (bicyclic) bond motifs is 2. The summed E-state index contributed by atoms with van der Waals surface area (Å²) in [6.07, 6.45) is 1.56. The molecule has 0 amide bonds. The zero-order valence-corrected chi connectivity index (χ0v) is 19.9. The highest BCUT2D eigenvalue weighted by molar-refractivity contribution is 7.07. The molecule has 8 heteroatoms. The van der Waals surface area contributed by atoms with Crippen molar-refractivity contribution in [2.75, 3.05) is 6.61 Å². The van der Waals surface area contributed by atoms with Crippen LogP contribution in [0.3, 0.4) is 0 Å². The van der Waals surface area contributed by atoms with Gasteiger partial charge in [-0.05, 0) is 48.4 Å². The van der Waals surface area contributed by atoms with E-state index in [9.17, 15) is 19.8 Å². The molecule has 0 radical (unpaired) electrons. The third-order valence-corrected chi connectivity index (χ3v) is 6.92. The summed E-state index contributed by atoms with van der Waals surface area (Å²) in [5.41, 5.74) is 1.64. The lowest BCUT2D eigenvalue weighted by atomic mass is 9.91. The summed E-state index contributed by atoms with van der Waals surface area (Å²) < 4.78 is 7.23. The molecule has 35 heavy (non-hydrogen) atoms. The van der Waals surface area contributed by atoms with Crippen LogP contribution < -0.4 is 14.9 Å². The normalized spacial score (nSPS) is 15.7. The summed E-state index contributed by atoms with van der Waals surface area (Å²) in [6.45, 7) is 3.68. The van der Waals surface area contributed by atoms with Gasteiger partial charge in [0.2, 0.25) is 0 Å². The average Bonchev–Trinajstić information content (AvgIpc) is 3.14. The number of phenols is 2. The van der Waals surface area contributed by atoms with Gasteiger partial charge in [0.1, 0.15) is 11.5 Å². The number of phenolic OH excluding ortho intramolecular Hbond substituents is 2. The smallest absolute Gasteiger partial charge is 0.338 e. The summed E-state index contributed by atoms with van der Waals surface area (Å²) in [7, 11) is 0. The number of allylic oxidation sites excluding steroid dienone is 1. The van der Waals surface area contributed by atoms with Gasteiger partial charge in [-0.15, -0.1) is 0 Å². The maximum absolute atomic E-state index is 13.7. The first kappa shape index (κ1) is 22.6. The van der Waals surface area contributed by atoms with Gasteiger partial charge in [-0.25, -0.2) is 9.79 Å². The standard InChI is InChI=1S/C27H22N2O5S/c1-3-34-26(33)23-15(2)28-27-29(24(23)20-10-6-8-16-7-4-5-9-19(16)20)25(32)22(35-27)13-17-11-12-18(30)14-21(17)31/h4-14,24,30-31H,3H2,1-2H3/b22-13-/t24-/m1/s1. The second-order valence-electron chi connectivity index (χ2n) is 8.11. The highest BCUT2D eigenvalue weighted by Crippen LogP contribution is 2.34. The van der Waals surface area contributed by atoms with Crippen molar-refractivity contribution in [2.45, 2.75) is 19.9 Å². The van der Waals surface area contributed by atoms with Crippen LogP contribution in [0.4, 0.5) is 0 Å². The van der Waals surface area contributed by atoms with E-state index in [2.05, 4.69) is 4.99 Å². The van der Waals surface area contributed by atoms with Gasteiger partial charge in [0.25, 0.3) is 5.56 Å². The molecule has 0 aliphatic carbocycles. The highest BCUT2D eigenvalue weighted by Gasteiger charge is 2.34. The SMILES string of the molecule is CCOC(=O)C1=C(C)N=c2s/c(=C\c3ccc(O)cc3O)c(=O)n2[C@@H]1c1cccc2ccccc12. The molecule has 0 spiro atoms. The van der Waals surface area contributed by atoms with Gasteiger partial charge in [-0.1, -0.05) is 53.8 Å². The molecule has 5 rings (SSSR count). The molecule has 2 N–H and O–H groups in total. The highest BCUT2D eigenvalue weighted by atomic mass is 32.1. The Kier molecular flexibility index (Phi) is 5.74. The Bertz CT molecular complexity index is 1690. The minimum Gasteiger partial charge on any atom is -0.508 e. The van der Waals surface area contributed by atoms with Crippen LogP contribution in [-0.2, 0) is 9.53 Å². The first-order chi connectivity index (χ1) is 16.9. The molecule has 0 saturated heterocycles. The number of aromatic hydroxyl groups is 2. The monoisotopic (exact) mass is 486 g/mol. The van der Waals surface area contributed by atoms with Crippen LogP contribution in [0.5, 0.6) is 11.5 Å². The van der Waals surface area contributed by atoms with Crippen LogP contribution in [-0.4, -0.2) is 27.4 Å². The lowest BCUT2D eigenvalue weighted by Crippen LogP contribution is -2.40. The third kappa shape index (κ3) is 3.91. The molecule has 0 fully saturated rings. The van der Waals surface area contributed by atoms with Crippen molar-refractivity contribution < 1.29 is 19.7 Å². The van der Waals surface area contributed by atoms with Crippen LogP contribution in [0.1, 0.15) is 31.0 Å². The Balaban J connectivity index is 1.81. The Morgan fingerprint density at radius 1 is 1.14 bits per heavy atom. The molecule has 4 aromatic rings. The number of thiazole rings is 1. The second kappa shape index (κ2) is 8.88. The van der Waals surface area contributed by atoms with E-state index >= 15 is 0 Å². The number of nitrogens with zero attached hydrogens (tertiary/aromatic N) is 2. The van der Waals surface area contributed by atoms with Gasteiger partial charge in [0.15, 0.2) is 4.80 Å². The largest absolute Gasteiger partial charge is 0.508 e. The fourth-order valence-electron chi connectivity index (χ4n) is 4.37. The van der Waals surface area contributed by atoms with E-state index in [1.54, 1.807) is 19.9 Å². The van der Waals surface area contributed by atoms with Crippen molar-refractivity contribution in [1.82, 2.24) is 4.57 Å². The topological polar surface area (TPSA) is 101 Å². The Morgan fingerprint density at radius 3 is 2.69 bits per heavy atom. The molecule has 1 aliphatic rings. The first-order valence-corrected chi connectivity index (χ1v) is 11.9. The molecule has 176 valence electrons. The summed E-state index contributed by atoms with van der Waals surface area (Å²) in [5.74, 6) is -0.742. The molecule has 1 atom stereocenters. The summed E-state index contributed by atoms with van der Waals surface area (Å²) in [5, 5.41) is 21.7. The van der Waals surface area contributed by atoms with E-state index < -0.39 is 12.0 Å². The van der Waals surface area contributed by atoms with Crippen LogP contribution in [0.15, 0.2) is 81.7 Å². The lowest BCUT2D eigenvalue weighted by molar-refractivity contribution is -0.139. The second-order valence-corrected chi connectivity index (χ2v) is 9.12. The number of aromatic nitrogens is 1. The molecule has 3 aromatic carbocycles. The zero-order valence-electron chi connectivity index (χ0n) is 19.1.